The van der Waals surface area contributed by atoms with Crippen LogP contribution in [-0.4, -0.2) is 47.5 Å². The van der Waals surface area contributed by atoms with E-state index in [1.807, 2.05) is 30.3 Å². The molecule has 0 saturated heterocycles. The predicted octanol–water partition coefficient (Wildman–Crippen LogP) is 2.76. The molecule has 0 aromatic heterocycles. The molecule has 1 aromatic carbocycles. The molecular formula is C21H31N3O4. The lowest BCUT2D eigenvalue weighted by molar-refractivity contribution is -0.143. The highest BCUT2D eigenvalue weighted by molar-refractivity contribution is 5.79. The number of nitrogens with zero attached hydrogens (tertiary/aromatic N) is 1. The van der Waals surface area contributed by atoms with Crippen molar-refractivity contribution in [2.75, 3.05) is 13.6 Å². The minimum absolute atomic E-state index is 0.133. The zero-order valence-corrected chi connectivity index (χ0v) is 16.5. The molecule has 3 N–H and O–H groups in total. The summed E-state index contributed by atoms with van der Waals surface area (Å²) in [5.41, 5.74) is 1.03. The standard InChI is InChI=1S/C21H31N3O4/c1-24(15-16-9-5-4-6-10-16)21(28)22-14-13-19(25)23-18-12-8-3-2-7-11-17(18)20(26)27/h4-6,9-10,17-18H,2-3,7-8,11-15H2,1H3,(H,22,28)(H,23,25)(H,26,27). The van der Waals surface area contributed by atoms with E-state index in [0.717, 1.165) is 31.2 Å². The van der Waals surface area contributed by atoms with E-state index < -0.39 is 11.9 Å². The van der Waals surface area contributed by atoms with Gasteiger partial charge in [-0.25, -0.2) is 4.79 Å². The number of benzene rings is 1. The van der Waals surface area contributed by atoms with Gasteiger partial charge in [0.1, 0.15) is 0 Å². The molecule has 2 unspecified atom stereocenters. The van der Waals surface area contributed by atoms with E-state index in [9.17, 15) is 19.5 Å². The molecule has 1 fully saturated rings. The number of carboxylic acid groups (broad SMARTS) is 1. The molecule has 0 bridgehead atoms. The van der Waals surface area contributed by atoms with Gasteiger partial charge in [0.05, 0.1) is 5.92 Å². The van der Waals surface area contributed by atoms with Gasteiger partial charge in [0.25, 0.3) is 0 Å². The number of carbonyl (C=O) groups is 3. The number of carbonyl (C=O) groups excluding carboxylic acids is 2. The number of carboxylic acids is 1. The van der Waals surface area contributed by atoms with Crippen LogP contribution in [-0.2, 0) is 16.1 Å². The van der Waals surface area contributed by atoms with Crippen molar-refractivity contribution in [3.8, 4) is 0 Å². The van der Waals surface area contributed by atoms with Crippen LogP contribution in [0.5, 0.6) is 0 Å². The fourth-order valence-electron chi connectivity index (χ4n) is 3.58. The van der Waals surface area contributed by atoms with E-state index in [-0.39, 0.29) is 30.9 Å². The third kappa shape index (κ3) is 7.21. The minimum atomic E-state index is -0.844. The summed E-state index contributed by atoms with van der Waals surface area (Å²) in [6, 6.07) is 9.09. The number of urea groups is 1. The van der Waals surface area contributed by atoms with E-state index in [0.29, 0.717) is 19.4 Å². The van der Waals surface area contributed by atoms with Gasteiger partial charge in [-0.05, 0) is 18.4 Å². The second-order valence-electron chi connectivity index (χ2n) is 7.43. The third-order valence-electron chi connectivity index (χ3n) is 5.17. The van der Waals surface area contributed by atoms with Crippen molar-refractivity contribution in [3.05, 3.63) is 35.9 Å². The van der Waals surface area contributed by atoms with Gasteiger partial charge in [-0.15, -0.1) is 0 Å². The first-order chi connectivity index (χ1) is 13.5. The highest BCUT2D eigenvalue weighted by atomic mass is 16.4. The monoisotopic (exact) mass is 389 g/mol. The van der Waals surface area contributed by atoms with E-state index in [1.165, 1.54) is 0 Å². The van der Waals surface area contributed by atoms with Crippen molar-refractivity contribution < 1.29 is 19.5 Å². The van der Waals surface area contributed by atoms with E-state index in [4.69, 9.17) is 0 Å². The molecule has 0 spiro atoms. The number of nitrogens with one attached hydrogen (secondary N) is 2. The molecule has 1 aliphatic carbocycles. The first-order valence-electron chi connectivity index (χ1n) is 10.0. The molecule has 154 valence electrons. The summed E-state index contributed by atoms with van der Waals surface area (Å²) >= 11 is 0. The second-order valence-corrected chi connectivity index (χ2v) is 7.43. The molecule has 1 aromatic rings. The van der Waals surface area contributed by atoms with E-state index >= 15 is 0 Å². The van der Waals surface area contributed by atoms with Crippen LogP contribution in [0.25, 0.3) is 0 Å². The van der Waals surface area contributed by atoms with Crippen molar-refractivity contribution in [1.29, 1.82) is 0 Å². The Morgan fingerprint density at radius 1 is 1.07 bits per heavy atom. The Bertz CT molecular complexity index is 650. The summed E-state index contributed by atoms with van der Waals surface area (Å²) in [6.45, 7) is 0.704. The molecule has 0 aliphatic heterocycles. The molecule has 1 aliphatic rings. The highest BCUT2D eigenvalue weighted by Gasteiger charge is 2.29. The van der Waals surface area contributed by atoms with Gasteiger partial charge < -0.3 is 20.6 Å². The SMILES string of the molecule is CN(Cc1ccccc1)C(=O)NCCC(=O)NC1CCCCCCC1C(=O)O. The summed E-state index contributed by atoms with van der Waals surface area (Å²) in [5, 5.41) is 15.1. The average molecular weight is 389 g/mol. The van der Waals surface area contributed by atoms with Gasteiger partial charge >= 0.3 is 12.0 Å². The maximum Gasteiger partial charge on any atom is 0.317 e. The maximum atomic E-state index is 12.3. The van der Waals surface area contributed by atoms with Gasteiger partial charge in [-0.3, -0.25) is 9.59 Å². The summed E-state index contributed by atoms with van der Waals surface area (Å²) in [5.74, 6) is -1.60. The summed E-state index contributed by atoms with van der Waals surface area (Å²) in [7, 11) is 1.70. The zero-order chi connectivity index (χ0) is 20.4. The van der Waals surface area contributed by atoms with Gasteiger partial charge in [-0.2, -0.15) is 0 Å². The van der Waals surface area contributed by atoms with Crippen LogP contribution in [0, 0.1) is 5.92 Å². The third-order valence-corrected chi connectivity index (χ3v) is 5.17. The Hall–Kier alpha value is -2.57. The Morgan fingerprint density at radius 2 is 1.75 bits per heavy atom. The molecule has 2 rings (SSSR count). The van der Waals surface area contributed by atoms with Gasteiger partial charge in [0.2, 0.25) is 5.91 Å². The molecule has 1 saturated carbocycles. The lowest BCUT2D eigenvalue weighted by atomic mass is 9.86. The average Bonchev–Trinajstić information content (AvgIpc) is 2.64. The van der Waals surface area contributed by atoms with Crippen LogP contribution in [0.1, 0.15) is 50.5 Å². The minimum Gasteiger partial charge on any atom is -0.481 e. The van der Waals surface area contributed by atoms with Crippen molar-refractivity contribution >= 4 is 17.9 Å². The molecular weight excluding hydrogens is 358 g/mol. The Labute approximate surface area is 166 Å². The molecule has 0 radical (unpaired) electrons. The summed E-state index contributed by atoms with van der Waals surface area (Å²) < 4.78 is 0. The lowest BCUT2D eigenvalue weighted by Crippen LogP contribution is -2.45. The van der Waals surface area contributed by atoms with Crippen molar-refractivity contribution in [3.63, 3.8) is 0 Å². The predicted molar refractivity (Wildman–Crippen MR) is 107 cm³/mol. The number of aliphatic carboxylic acids is 1. The largest absolute Gasteiger partial charge is 0.481 e. The second kappa shape index (κ2) is 11.3. The zero-order valence-electron chi connectivity index (χ0n) is 16.5. The normalized spacial score (nSPS) is 19.8. The Balaban J connectivity index is 1.74. The van der Waals surface area contributed by atoms with Gasteiger partial charge in [0.15, 0.2) is 0 Å². The van der Waals surface area contributed by atoms with Crippen LogP contribution in [0.3, 0.4) is 0 Å². The Morgan fingerprint density at radius 3 is 2.43 bits per heavy atom. The number of hydrogen-bond donors (Lipinski definition) is 3. The lowest BCUT2D eigenvalue weighted by Gasteiger charge is -2.27. The van der Waals surface area contributed by atoms with Crippen LogP contribution in [0.15, 0.2) is 30.3 Å². The van der Waals surface area contributed by atoms with Gasteiger partial charge in [0, 0.05) is 32.6 Å². The molecule has 7 nitrogen and oxygen atoms in total. The van der Waals surface area contributed by atoms with Crippen molar-refractivity contribution in [1.82, 2.24) is 15.5 Å². The fourth-order valence-corrected chi connectivity index (χ4v) is 3.58. The number of hydrogen-bond acceptors (Lipinski definition) is 3. The molecule has 7 heteroatoms. The first-order valence-corrected chi connectivity index (χ1v) is 10.0. The molecule has 3 amide bonds. The maximum absolute atomic E-state index is 12.3. The smallest absolute Gasteiger partial charge is 0.317 e. The van der Waals surface area contributed by atoms with E-state index in [1.54, 1.807) is 11.9 Å². The van der Waals surface area contributed by atoms with E-state index in [2.05, 4.69) is 10.6 Å². The molecule has 2 atom stereocenters. The molecule has 28 heavy (non-hydrogen) atoms. The quantitative estimate of drug-likeness (QED) is 0.668. The van der Waals surface area contributed by atoms with Crippen LogP contribution < -0.4 is 10.6 Å². The topological polar surface area (TPSA) is 98.7 Å². The highest BCUT2D eigenvalue weighted by Crippen LogP contribution is 2.23. The number of amides is 3. The van der Waals surface area contributed by atoms with Crippen molar-refractivity contribution in [2.24, 2.45) is 5.92 Å². The Kier molecular flexibility index (Phi) is 8.78. The number of rotatable bonds is 7. The van der Waals surface area contributed by atoms with Gasteiger partial charge in [-0.1, -0.05) is 56.0 Å². The van der Waals surface area contributed by atoms with Crippen LogP contribution in [0.4, 0.5) is 4.79 Å². The van der Waals surface area contributed by atoms with Crippen LogP contribution >= 0.6 is 0 Å². The molecule has 0 heterocycles. The first kappa shape index (κ1) is 21.7. The van der Waals surface area contributed by atoms with Crippen molar-refractivity contribution in [2.45, 2.75) is 57.5 Å². The summed E-state index contributed by atoms with van der Waals surface area (Å²) in [4.78, 5) is 37.5. The summed E-state index contributed by atoms with van der Waals surface area (Å²) in [6.07, 6.45) is 5.35. The fraction of sp³-hybridized carbons (Fsp3) is 0.571. The van der Waals surface area contributed by atoms with Crippen LogP contribution in [0.2, 0.25) is 0 Å².